The summed E-state index contributed by atoms with van der Waals surface area (Å²) in [5, 5.41) is 3.24. The van der Waals surface area contributed by atoms with Crippen molar-refractivity contribution in [3.05, 3.63) is 5.82 Å². The number of likely N-dealkylation sites (tertiary alicyclic amines) is 1. The van der Waals surface area contributed by atoms with Crippen LogP contribution in [0.2, 0.25) is 0 Å². The first kappa shape index (κ1) is 17.5. The summed E-state index contributed by atoms with van der Waals surface area (Å²) in [6.45, 7) is 6.36. The van der Waals surface area contributed by atoms with E-state index in [2.05, 4.69) is 28.5 Å². The molecule has 1 aromatic rings. The number of carbonyl (C=O) groups excluding carboxylic acids is 1. The number of aryl methyl sites for hydroxylation is 1. The minimum absolute atomic E-state index is 0.00631. The first-order valence-corrected chi connectivity index (χ1v) is 9.20. The van der Waals surface area contributed by atoms with Gasteiger partial charge in [-0.05, 0) is 31.6 Å². The zero-order valence-electron chi connectivity index (χ0n) is 14.3. The largest absolute Gasteiger partial charge is 0.351 e. The average Bonchev–Trinajstić information content (AvgIpc) is 2.83. The smallest absolute Gasteiger partial charge is 0.269 e. The number of hydrogen-bond acceptors (Lipinski definition) is 5. The fourth-order valence-corrected chi connectivity index (χ4v) is 4.14. The molecule has 0 spiro atoms. The molecular formula is C16H24F2N4OS. The van der Waals surface area contributed by atoms with Gasteiger partial charge in [0.25, 0.3) is 5.92 Å². The number of hydrogen-bond donors (Lipinski definition) is 1. The second-order valence-electron chi connectivity index (χ2n) is 7.55. The van der Waals surface area contributed by atoms with Crippen LogP contribution < -0.4 is 5.32 Å². The maximum absolute atomic E-state index is 14.5. The van der Waals surface area contributed by atoms with E-state index in [4.69, 9.17) is 0 Å². The van der Waals surface area contributed by atoms with E-state index in [-0.39, 0.29) is 36.6 Å². The molecule has 2 fully saturated rings. The molecule has 2 unspecified atom stereocenters. The number of carbonyl (C=O) groups is 1. The van der Waals surface area contributed by atoms with Crippen LogP contribution in [0.15, 0.2) is 0 Å². The van der Waals surface area contributed by atoms with E-state index in [9.17, 15) is 13.6 Å². The number of aromatic nitrogens is 2. The van der Waals surface area contributed by atoms with E-state index >= 15 is 0 Å². The first-order valence-electron chi connectivity index (χ1n) is 8.42. The van der Waals surface area contributed by atoms with Gasteiger partial charge in [-0.1, -0.05) is 13.8 Å². The average molecular weight is 358 g/mol. The Morgan fingerprint density at radius 2 is 2.04 bits per heavy atom. The number of halogens is 2. The van der Waals surface area contributed by atoms with Crippen molar-refractivity contribution >= 4 is 22.6 Å². The third kappa shape index (κ3) is 3.38. The van der Waals surface area contributed by atoms with Gasteiger partial charge < -0.3 is 10.2 Å². The zero-order chi connectivity index (χ0) is 17.5. The van der Waals surface area contributed by atoms with Gasteiger partial charge in [0.05, 0.1) is 6.04 Å². The van der Waals surface area contributed by atoms with Crippen molar-refractivity contribution in [2.24, 2.45) is 11.3 Å². The van der Waals surface area contributed by atoms with Crippen LogP contribution in [0.4, 0.5) is 13.9 Å². The second-order valence-corrected chi connectivity index (χ2v) is 8.30. The van der Waals surface area contributed by atoms with Crippen LogP contribution in [-0.2, 0) is 4.79 Å². The fourth-order valence-electron chi connectivity index (χ4n) is 3.51. The van der Waals surface area contributed by atoms with Crippen molar-refractivity contribution in [2.45, 2.75) is 58.4 Å². The van der Waals surface area contributed by atoms with Crippen molar-refractivity contribution in [1.29, 1.82) is 0 Å². The van der Waals surface area contributed by atoms with E-state index in [1.807, 2.05) is 0 Å². The van der Waals surface area contributed by atoms with Crippen LogP contribution >= 0.6 is 11.5 Å². The minimum Gasteiger partial charge on any atom is -0.351 e. The number of nitrogens with one attached hydrogen (secondary N) is 1. The lowest BCUT2D eigenvalue weighted by Gasteiger charge is -2.45. The molecule has 1 saturated heterocycles. The molecule has 1 aromatic heterocycles. The SMILES string of the molecule is Cc1nsc(NC2CCN(C(=O)C3CCC3(C)C)CCC2(F)F)n1. The zero-order valence-corrected chi connectivity index (χ0v) is 15.1. The molecule has 5 nitrogen and oxygen atoms in total. The standard InChI is InChI=1S/C16H24F2N4OS/c1-10-19-14(24-21-10)20-12-5-8-22(9-7-16(12,17)18)13(23)11-4-6-15(11,2)3/h11-12H,4-9H2,1-3H3,(H,19,20,21). The van der Waals surface area contributed by atoms with Gasteiger partial charge in [-0.25, -0.2) is 13.8 Å². The summed E-state index contributed by atoms with van der Waals surface area (Å²) in [6, 6.07) is -1.02. The van der Waals surface area contributed by atoms with E-state index in [0.29, 0.717) is 17.5 Å². The Labute approximate surface area is 145 Å². The van der Waals surface area contributed by atoms with Gasteiger partial charge in [-0.3, -0.25) is 4.79 Å². The highest BCUT2D eigenvalue weighted by Gasteiger charge is 2.47. The van der Waals surface area contributed by atoms with Crippen molar-refractivity contribution in [3.8, 4) is 0 Å². The fraction of sp³-hybridized carbons (Fsp3) is 0.812. The normalized spacial score (nSPS) is 28.8. The number of alkyl halides is 2. The second kappa shape index (κ2) is 6.20. The summed E-state index contributed by atoms with van der Waals surface area (Å²) in [5.41, 5.74) is -0.00631. The quantitative estimate of drug-likeness (QED) is 0.900. The predicted molar refractivity (Wildman–Crippen MR) is 89.3 cm³/mol. The molecule has 1 aliphatic heterocycles. The van der Waals surface area contributed by atoms with Crippen LogP contribution in [0.25, 0.3) is 0 Å². The molecule has 2 heterocycles. The molecule has 1 aliphatic carbocycles. The molecule has 1 N–H and O–H groups in total. The maximum Gasteiger partial charge on any atom is 0.269 e. The molecule has 24 heavy (non-hydrogen) atoms. The van der Waals surface area contributed by atoms with Gasteiger partial charge in [-0.15, -0.1) is 0 Å². The van der Waals surface area contributed by atoms with Gasteiger partial charge in [0.2, 0.25) is 11.0 Å². The molecule has 2 aliphatic rings. The monoisotopic (exact) mass is 358 g/mol. The van der Waals surface area contributed by atoms with Gasteiger partial charge in [0.1, 0.15) is 5.82 Å². The van der Waals surface area contributed by atoms with E-state index < -0.39 is 12.0 Å². The summed E-state index contributed by atoms with van der Waals surface area (Å²) < 4.78 is 32.9. The maximum atomic E-state index is 14.5. The summed E-state index contributed by atoms with van der Waals surface area (Å²) >= 11 is 1.09. The highest BCUT2D eigenvalue weighted by atomic mass is 32.1. The number of rotatable bonds is 3. The Bertz CT molecular complexity index is 619. The Balaban J connectivity index is 1.66. The van der Waals surface area contributed by atoms with Gasteiger partial charge >= 0.3 is 0 Å². The van der Waals surface area contributed by atoms with Crippen LogP contribution in [0.3, 0.4) is 0 Å². The molecule has 0 bridgehead atoms. The summed E-state index contributed by atoms with van der Waals surface area (Å²) in [5.74, 6) is -2.29. The van der Waals surface area contributed by atoms with Gasteiger partial charge in [-0.2, -0.15) is 4.37 Å². The summed E-state index contributed by atoms with van der Waals surface area (Å²) in [4.78, 5) is 18.4. The number of amides is 1. The van der Waals surface area contributed by atoms with Crippen LogP contribution in [0, 0.1) is 18.3 Å². The lowest BCUT2D eigenvalue weighted by Crippen LogP contribution is -2.48. The molecule has 8 heteroatoms. The molecule has 134 valence electrons. The van der Waals surface area contributed by atoms with E-state index in [1.165, 1.54) is 0 Å². The molecule has 3 rings (SSSR count). The predicted octanol–water partition coefficient (Wildman–Crippen LogP) is 3.32. The van der Waals surface area contributed by atoms with E-state index in [1.54, 1.807) is 11.8 Å². The van der Waals surface area contributed by atoms with Gasteiger partial charge in [0.15, 0.2) is 0 Å². The third-order valence-electron chi connectivity index (χ3n) is 5.37. The lowest BCUT2D eigenvalue weighted by atomic mass is 9.62. The lowest BCUT2D eigenvalue weighted by molar-refractivity contribution is -0.145. The molecule has 0 radical (unpaired) electrons. The summed E-state index contributed by atoms with van der Waals surface area (Å²) in [6.07, 6.45) is 1.78. The minimum atomic E-state index is -2.87. The Hall–Kier alpha value is -1.31. The molecular weight excluding hydrogens is 334 g/mol. The Morgan fingerprint density at radius 1 is 1.29 bits per heavy atom. The third-order valence-corrected chi connectivity index (χ3v) is 6.11. The highest BCUT2D eigenvalue weighted by molar-refractivity contribution is 7.09. The highest BCUT2D eigenvalue weighted by Crippen LogP contribution is 2.47. The van der Waals surface area contributed by atoms with Crippen molar-refractivity contribution < 1.29 is 13.6 Å². The molecule has 2 atom stereocenters. The molecule has 0 aromatic carbocycles. The first-order chi connectivity index (χ1) is 11.2. The van der Waals surface area contributed by atoms with Gasteiger partial charge in [0, 0.05) is 37.0 Å². The Kier molecular flexibility index (Phi) is 4.53. The van der Waals surface area contributed by atoms with E-state index in [0.717, 1.165) is 24.4 Å². The van der Waals surface area contributed by atoms with Crippen molar-refractivity contribution in [1.82, 2.24) is 14.3 Å². The van der Waals surface area contributed by atoms with Crippen LogP contribution in [0.1, 0.15) is 45.4 Å². The topological polar surface area (TPSA) is 58.1 Å². The Morgan fingerprint density at radius 3 is 2.58 bits per heavy atom. The summed E-state index contributed by atoms with van der Waals surface area (Å²) in [7, 11) is 0. The van der Waals surface area contributed by atoms with Crippen LogP contribution in [0.5, 0.6) is 0 Å². The van der Waals surface area contributed by atoms with Crippen molar-refractivity contribution in [2.75, 3.05) is 18.4 Å². The van der Waals surface area contributed by atoms with Crippen LogP contribution in [-0.4, -0.2) is 45.2 Å². The molecule has 1 saturated carbocycles. The number of anilines is 1. The molecule has 1 amide bonds. The number of nitrogens with zero attached hydrogens (tertiary/aromatic N) is 3. The van der Waals surface area contributed by atoms with Crippen molar-refractivity contribution in [3.63, 3.8) is 0 Å².